The van der Waals surface area contributed by atoms with Gasteiger partial charge in [0.05, 0.1) is 14.2 Å². The summed E-state index contributed by atoms with van der Waals surface area (Å²) in [5, 5.41) is 6.84. The van der Waals surface area contributed by atoms with Crippen LogP contribution in [-0.2, 0) is 11.2 Å². The van der Waals surface area contributed by atoms with Gasteiger partial charge >= 0.3 is 0 Å². The zero-order valence-electron chi connectivity index (χ0n) is 12.7. The molecule has 22 heavy (non-hydrogen) atoms. The lowest BCUT2D eigenvalue weighted by molar-refractivity contribution is -0.116. The van der Waals surface area contributed by atoms with Crippen LogP contribution in [0.15, 0.2) is 41.1 Å². The summed E-state index contributed by atoms with van der Waals surface area (Å²) in [6, 6.07) is 7.73. The largest absolute Gasteiger partial charge is 0.493 e. The van der Waals surface area contributed by atoms with Gasteiger partial charge < -0.3 is 14.8 Å². The maximum absolute atomic E-state index is 11.7. The summed E-state index contributed by atoms with van der Waals surface area (Å²) >= 11 is 1.61. The van der Waals surface area contributed by atoms with E-state index in [1.54, 1.807) is 31.6 Å². The molecular weight excluding hydrogens is 298 g/mol. The van der Waals surface area contributed by atoms with E-state index >= 15 is 0 Å². The summed E-state index contributed by atoms with van der Waals surface area (Å²) < 4.78 is 10.5. The van der Waals surface area contributed by atoms with E-state index in [-0.39, 0.29) is 5.91 Å². The van der Waals surface area contributed by atoms with Crippen LogP contribution in [0.2, 0.25) is 0 Å². The number of benzene rings is 1. The lowest BCUT2D eigenvalue weighted by Crippen LogP contribution is -2.23. The Morgan fingerprint density at radius 2 is 2.05 bits per heavy atom. The molecule has 0 bridgehead atoms. The number of ether oxygens (including phenoxy) is 2. The van der Waals surface area contributed by atoms with Gasteiger partial charge in [0.15, 0.2) is 11.5 Å². The van der Waals surface area contributed by atoms with Gasteiger partial charge in [0.1, 0.15) is 0 Å². The van der Waals surface area contributed by atoms with Crippen LogP contribution in [0.3, 0.4) is 0 Å². The maximum Gasteiger partial charge on any atom is 0.244 e. The third kappa shape index (κ3) is 4.63. The summed E-state index contributed by atoms with van der Waals surface area (Å²) in [5.41, 5.74) is 2.12. The van der Waals surface area contributed by atoms with E-state index in [9.17, 15) is 4.79 Å². The second-order valence-corrected chi connectivity index (χ2v) is 5.40. The van der Waals surface area contributed by atoms with E-state index in [0.29, 0.717) is 18.0 Å². The number of thiophene rings is 1. The number of carbonyl (C=O) groups is 1. The highest BCUT2D eigenvalue weighted by molar-refractivity contribution is 7.08. The first-order chi connectivity index (χ1) is 10.7. The van der Waals surface area contributed by atoms with Gasteiger partial charge in [-0.05, 0) is 52.6 Å². The van der Waals surface area contributed by atoms with Crippen molar-refractivity contribution in [3.63, 3.8) is 0 Å². The zero-order chi connectivity index (χ0) is 15.8. The Kier molecular flexibility index (Phi) is 6.03. The molecule has 0 unspecified atom stereocenters. The average Bonchev–Trinajstić information content (AvgIpc) is 3.06. The summed E-state index contributed by atoms with van der Waals surface area (Å²) in [5.74, 6) is 1.31. The number of amides is 1. The Morgan fingerprint density at radius 3 is 2.73 bits per heavy atom. The van der Waals surface area contributed by atoms with Crippen molar-refractivity contribution in [1.29, 1.82) is 0 Å². The zero-order valence-corrected chi connectivity index (χ0v) is 13.5. The molecule has 0 saturated heterocycles. The molecule has 5 heteroatoms. The molecule has 0 aliphatic rings. The Labute approximate surface area is 134 Å². The van der Waals surface area contributed by atoms with E-state index in [1.807, 2.05) is 41.1 Å². The van der Waals surface area contributed by atoms with Crippen molar-refractivity contribution in [1.82, 2.24) is 5.32 Å². The van der Waals surface area contributed by atoms with Crippen LogP contribution in [-0.4, -0.2) is 26.7 Å². The number of nitrogens with one attached hydrogen (secondary N) is 1. The number of rotatable bonds is 7. The van der Waals surface area contributed by atoms with Crippen LogP contribution in [0.1, 0.15) is 11.1 Å². The number of methoxy groups -OCH3 is 2. The van der Waals surface area contributed by atoms with Crippen LogP contribution >= 0.6 is 11.3 Å². The minimum atomic E-state index is -0.0910. The lowest BCUT2D eigenvalue weighted by Gasteiger charge is -2.09. The molecule has 1 aromatic carbocycles. The van der Waals surface area contributed by atoms with E-state index in [1.165, 1.54) is 0 Å². The predicted octanol–water partition coefficient (Wildman–Crippen LogP) is 3.14. The van der Waals surface area contributed by atoms with Crippen LogP contribution < -0.4 is 14.8 Å². The monoisotopic (exact) mass is 317 g/mol. The molecule has 1 aromatic heterocycles. The van der Waals surface area contributed by atoms with Gasteiger partial charge in [0.2, 0.25) is 5.91 Å². The summed E-state index contributed by atoms with van der Waals surface area (Å²) in [4.78, 5) is 11.7. The van der Waals surface area contributed by atoms with Crippen molar-refractivity contribution >= 4 is 23.3 Å². The second kappa shape index (κ2) is 8.24. The summed E-state index contributed by atoms with van der Waals surface area (Å²) in [6.45, 7) is 0.572. The number of hydrogen-bond acceptors (Lipinski definition) is 4. The Hall–Kier alpha value is -2.27. The van der Waals surface area contributed by atoms with Crippen LogP contribution in [0, 0.1) is 0 Å². The smallest absolute Gasteiger partial charge is 0.244 e. The van der Waals surface area contributed by atoms with Crippen LogP contribution in [0.4, 0.5) is 0 Å². The molecule has 1 amide bonds. The molecule has 4 nitrogen and oxygen atoms in total. The summed E-state index contributed by atoms with van der Waals surface area (Å²) in [6.07, 6.45) is 4.09. The highest BCUT2D eigenvalue weighted by atomic mass is 32.1. The van der Waals surface area contributed by atoms with Crippen molar-refractivity contribution in [3.05, 3.63) is 52.2 Å². The van der Waals surface area contributed by atoms with Gasteiger partial charge in [-0.3, -0.25) is 4.79 Å². The minimum absolute atomic E-state index is 0.0910. The van der Waals surface area contributed by atoms with Gasteiger partial charge in [-0.15, -0.1) is 0 Å². The van der Waals surface area contributed by atoms with Gasteiger partial charge in [0.25, 0.3) is 0 Å². The molecule has 0 saturated carbocycles. The first-order valence-corrected chi connectivity index (χ1v) is 7.86. The van der Waals surface area contributed by atoms with Crippen molar-refractivity contribution in [2.45, 2.75) is 6.42 Å². The standard InChI is InChI=1S/C17H19NO3S/c1-20-15-5-3-13(11-16(15)21-2)7-9-18-17(19)6-4-14-8-10-22-12-14/h3-6,8,10-12H,7,9H2,1-2H3,(H,18,19)/b6-4+. The molecular formula is C17H19NO3S. The fourth-order valence-electron chi connectivity index (χ4n) is 1.97. The second-order valence-electron chi connectivity index (χ2n) is 4.62. The topological polar surface area (TPSA) is 47.6 Å². The molecule has 0 aliphatic carbocycles. The molecule has 0 fully saturated rings. The van der Waals surface area contributed by atoms with Crippen molar-refractivity contribution in [2.24, 2.45) is 0 Å². The summed E-state index contributed by atoms with van der Waals surface area (Å²) in [7, 11) is 3.22. The van der Waals surface area contributed by atoms with E-state index in [4.69, 9.17) is 9.47 Å². The van der Waals surface area contributed by atoms with E-state index in [2.05, 4.69) is 5.32 Å². The molecule has 2 aromatic rings. The molecule has 116 valence electrons. The van der Waals surface area contributed by atoms with Gasteiger partial charge in [-0.25, -0.2) is 0 Å². The predicted molar refractivity (Wildman–Crippen MR) is 89.6 cm³/mol. The molecule has 0 spiro atoms. The van der Waals surface area contributed by atoms with Gasteiger partial charge in [-0.2, -0.15) is 11.3 Å². The Balaban J connectivity index is 1.82. The molecule has 1 N–H and O–H groups in total. The Bertz CT molecular complexity index is 635. The Morgan fingerprint density at radius 1 is 1.23 bits per heavy atom. The van der Waals surface area contributed by atoms with Gasteiger partial charge in [-0.1, -0.05) is 6.07 Å². The normalized spacial score (nSPS) is 10.6. The van der Waals surface area contributed by atoms with Crippen molar-refractivity contribution in [2.75, 3.05) is 20.8 Å². The third-order valence-corrected chi connectivity index (χ3v) is 3.83. The molecule has 0 radical (unpaired) electrons. The lowest BCUT2D eigenvalue weighted by atomic mass is 10.1. The van der Waals surface area contributed by atoms with Crippen LogP contribution in [0.25, 0.3) is 6.08 Å². The van der Waals surface area contributed by atoms with E-state index in [0.717, 1.165) is 17.5 Å². The maximum atomic E-state index is 11.7. The number of carbonyl (C=O) groups excluding carboxylic acids is 1. The first-order valence-electron chi connectivity index (χ1n) is 6.92. The van der Waals surface area contributed by atoms with Crippen molar-refractivity contribution in [3.8, 4) is 11.5 Å². The van der Waals surface area contributed by atoms with Crippen LogP contribution in [0.5, 0.6) is 11.5 Å². The highest BCUT2D eigenvalue weighted by Gasteiger charge is 2.04. The van der Waals surface area contributed by atoms with Gasteiger partial charge in [0, 0.05) is 12.6 Å². The molecule has 0 aliphatic heterocycles. The van der Waals surface area contributed by atoms with E-state index < -0.39 is 0 Å². The fourth-order valence-corrected chi connectivity index (χ4v) is 2.60. The fraction of sp³-hybridized carbons (Fsp3) is 0.235. The average molecular weight is 317 g/mol. The molecule has 1 heterocycles. The van der Waals surface area contributed by atoms with Crippen molar-refractivity contribution < 1.29 is 14.3 Å². The highest BCUT2D eigenvalue weighted by Crippen LogP contribution is 2.27. The quantitative estimate of drug-likeness (QED) is 0.798. The number of hydrogen-bond donors (Lipinski definition) is 1. The third-order valence-electron chi connectivity index (χ3n) is 3.13. The SMILES string of the molecule is COc1ccc(CCNC(=O)/C=C/c2ccsc2)cc1OC. The molecule has 2 rings (SSSR count). The first kappa shape index (κ1) is 16.1. The minimum Gasteiger partial charge on any atom is -0.493 e. The molecule has 0 atom stereocenters.